The predicted molar refractivity (Wildman–Crippen MR) is 63.2 cm³/mol. The van der Waals surface area contributed by atoms with Gasteiger partial charge in [0.15, 0.2) is 0 Å². The quantitative estimate of drug-likeness (QED) is 0.841. The van der Waals surface area contributed by atoms with Crippen molar-refractivity contribution in [3.05, 3.63) is 24.3 Å². The Morgan fingerprint density at radius 1 is 1.31 bits per heavy atom. The van der Waals surface area contributed by atoms with Gasteiger partial charge in [-0.25, -0.2) is 13.2 Å². The Hall–Kier alpha value is -1.21. The highest BCUT2D eigenvalue weighted by Gasteiger charge is 2.12. The lowest BCUT2D eigenvalue weighted by Gasteiger charge is -2.04. The van der Waals surface area contributed by atoms with Crippen LogP contribution in [-0.2, 0) is 13.6 Å². The maximum atomic E-state index is 11.4. The van der Waals surface area contributed by atoms with Crippen LogP contribution in [0.25, 0.3) is 0 Å². The first-order valence-corrected chi connectivity index (χ1v) is 7.47. The largest absolute Gasteiger partial charge is 0.453 e. The van der Waals surface area contributed by atoms with Crippen molar-refractivity contribution in [3.8, 4) is 0 Å². The van der Waals surface area contributed by atoms with Crippen molar-refractivity contribution in [1.29, 1.82) is 0 Å². The molecule has 0 unspecified atom stereocenters. The number of methoxy groups -OCH3 is 1. The Morgan fingerprint density at radius 3 is 2.31 bits per heavy atom. The fourth-order valence-corrected chi connectivity index (χ4v) is 2.54. The number of carbonyl (C=O) groups is 1. The molecule has 0 aliphatic heterocycles. The standard InChI is InChI=1S/C9H11NO4S2/c1-14-9(11)10-7-3-5-8(6-4-7)16(12,13)15-2/h3-6H,1-2H3,(H,10,11). The Morgan fingerprint density at radius 2 is 1.88 bits per heavy atom. The monoisotopic (exact) mass is 261 g/mol. The lowest BCUT2D eigenvalue weighted by atomic mass is 10.3. The van der Waals surface area contributed by atoms with Crippen molar-refractivity contribution in [2.75, 3.05) is 18.7 Å². The average molecular weight is 261 g/mol. The summed E-state index contributed by atoms with van der Waals surface area (Å²) in [5, 5.41) is 2.43. The van der Waals surface area contributed by atoms with E-state index in [1.807, 2.05) is 0 Å². The van der Waals surface area contributed by atoms with Crippen LogP contribution in [0.2, 0.25) is 0 Å². The minimum atomic E-state index is -3.28. The Kier molecular flexibility index (Phi) is 4.19. The lowest BCUT2D eigenvalue weighted by molar-refractivity contribution is 0.187. The summed E-state index contributed by atoms with van der Waals surface area (Å²) in [5.74, 6) is 0. The molecule has 0 aliphatic rings. The number of nitrogens with one attached hydrogen (secondary N) is 1. The molecule has 88 valence electrons. The van der Waals surface area contributed by atoms with Gasteiger partial charge in [-0.3, -0.25) is 5.32 Å². The maximum Gasteiger partial charge on any atom is 0.411 e. The van der Waals surface area contributed by atoms with E-state index in [2.05, 4.69) is 10.1 Å². The van der Waals surface area contributed by atoms with Crippen LogP contribution >= 0.6 is 10.8 Å². The van der Waals surface area contributed by atoms with Gasteiger partial charge in [-0.05, 0) is 41.3 Å². The third-order valence-corrected chi connectivity index (χ3v) is 4.98. The van der Waals surface area contributed by atoms with Gasteiger partial charge in [0.1, 0.15) is 0 Å². The van der Waals surface area contributed by atoms with Crippen LogP contribution in [0.1, 0.15) is 0 Å². The molecule has 0 heterocycles. The summed E-state index contributed by atoms with van der Waals surface area (Å²) in [6.07, 6.45) is 0.899. The molecule has 1 amide bonds. The van der Waals surface area contributed by atoms with Crippen molar-refractivity contribution < 1.29 is 17.9 Å². The van der Waals surface area contributed by atoms with Crippen LogP contribution in [0.3, 0.4) is 0 Å². The van der Waals surface area contributed by atoms with Crippen LogP contribution in [0.15, 0.2) is 29.2 Å². The van der Waals surface area contributed by atoms with E-state index in [1.54, 1.807) is 0 Å². The highest BCUT2D eigenvalue weighted by Crippen LogP contribution is 2.22. The van der Waals surface area contributed by atoms with Crippen molar-refractivity contribution in [2.24, 2.45) is 0 Å². The molecular weight excluding hydrogens is 250 g/mol. The van der Waals surface area contributed by atoms with E-state index in [9.17, 15) is 13.2 Å². The Labute approximate surface area is 97.5 Å². The number of rotatable bonds is 3. The number of amides is 1. The zero-order valence-corrected chi connectivity index (χ0v) is 10.4. The molecule has 1 N–H and O–H groups in total. The van der Waals surface area contributed by atoms with Gasteiger partial charge < -0.3 is 4.74 Å². The van der Waals surface area contributed by atoms with Gasteiger partial charge in [0.05, 0.1) is 12.0 Å². The van der Waals surface area contributed by atoms with Gasteiger partial charge in [0, 0.05) is 5.69 Å². The molecule has 0 spiro atoms. The highest BCUT2D eigenvalue weighted by molar-refractivity contribution is 8.71. The van der Waals surface area contributed by atoms with E-state index in [0.29, 0.717) is 5.69 Å². The number of benzene rings is 1. The second-order valence-electron chi connectivity index (χ2n) is 2.76. The van der Waals surface area contributed by atoms with Crippen LogP contribution in [-0.4, -0.2) is 27.9 Å². The maximum absolute atomic E-state index is 11.4. The van der Waals surface area contributed by atoms with Crippen LogP contribution in [0.5, 0.6) is 0 Å². The summed E-state index contributed by atoms with van der Waals surface area (Å²) >= 11 is 0. The highest BCUT2D eigenvalue weighted by atomic mass is 33.1. The third kappa shape index (κ3) is 3.14. The fourth-order valence-electron chi connectivity index (χ4n) is 0.970. The molecule has 0 bridgehead atoms. The van der Waals surface area contributed by atoms with Gasteiger partial charge in [-0.15, -0.1) is 0 Å². The molecule has 1 rings (SSSR count). The number of ether oxygens (including phenoxy) is 1. The molecule has 0 saturated carbocycles. The van der Waals surface area contributed by atoms with E-state index in [0.717, 1.165) is 10.8 Å². The summed E-state index contributed by atoms with van der Waals surface area (Å²) < 4.78 is 27.3. The van der Waals surface area contributed by atoms with E-state index in [-0.39, 0.29) is 4.90 Å². The molecule has 16 heavy (non-hydrogen) atoms. The summed E-state index contributed by atoms with van der Waals surface area (Å²) in [7, 11) is -1.26. The minimum absolute atomic E-state index is 0.204. The molecule has 1 aromatic carbocycles. The molecule has 0 radical (unpaired) electrons. The predicted octanol–water partition coefficient (Wildman–Crippen LogP) is 1.92. The van der Waals surface area contributed by atoms with Crippen molar-refractivity contribution >= 4 is 31.4 Å². The number of hydrogen-bond donors (Lipinski definition) is 1. The van der Waals surface area contributed by atoms with Gasteiger partial charge in [-0.1, -0.05) is 0 Å². The summed E-state index contributed by atoms with van der Waals surface area (Å²) in [5.41, 5.74) is 0.479. The number of anilines is 1. The van der Waals surface area contributed by atoms with E-state index < -0.39 is 15.0 Å². The van der Waals surface area contributed by atoms with Gasteiger partial charge in [0.25, 0.3) is 0 Å². The first-order valence-electron chi connectivity index (χ1n) is 4.25. The summed E-state index contributed by atoms with van der Waals surface area (Å²) in [6.45, 7) is 0. The Bertz CT molecular complexity index is 467. The Balaban J connectivity index is 2.88. The fraction of sp³-hybridized carbons (Fsp3) is 0.222. The van der Waals surface area contributed by atoms with E-state index >= 15 is 0 Å². The van der Waals surface area contributed by atoms with Crippen LogP contribution in [0, 0.1) is 0 Å². The molecule has 0 atom stereocenters. The molecule has 5 nitrogen and oxygen atoms in total. The van der Waals surface area contributed by atoms with Gasteiger partial charge in [0.2, 0.25) is 8.87 Å². The SMILES string of the molecule is COC(=O)Nc1ccc(S(=O)(=O)SC)cc1. The second-order valence-corrected chi connectivity index (χ2v) is 6.79. The first-order chi connectivity index (χ1) is 7.49. The summed E-state index contributed by atoms with van der Waals surface area (Å²) in [4.78, 5) is 11.1. The van der Waals surface area contributed by atoms with Crippen molar-refractivity contribution in [1.82, 2.24) is 0 Å². The molecule has 0 aliphatic carbocycles. The zero-order chi connectivity index (χ0) is 12.2. The molecule has 7 heteroatoms. The second kappa shape index (κ2) is 5.22. The van der Waals surface area contributed by atoms with E-state index in [4.69, 9.17) is 0 Å². The topological polar surface area (TPSA) is 72.5 Å². The van der Waals surface area contributed by atoms with Crippen LogP contribution in [0.4, 0.5) is 10.5 Å². The molecule has 0 fully saturated rings. The number of hydrogen-bond acceptors (Lipinski definition) is 5. The molecular formula is C9H11NO4S2. The summed E-state index contributed by atoms with van der Waals surface area (Å²) in [6, 6.07) is 5.86. The molecule has 0 saturated heterocycles. The van der Waals surface area contributed by atoms with Crippen molar-refractivity contribution in [2.45, 2.75) is 4.90 Å². The molecule has 0 aromatic heterocycles. The minimum Gasteiger partial charge on any atom is -0.453 e. The van der Waals surface area contributed by atoms with Crippen molar-refractivity contribution in [3.63, 3.8) is 0 Å². The van der Waals surface area contributed by atoms with Gasteiger partial charge in [-0.2, -0.15) is 0 Å². The van der Waals surface area contributed by atoms with Crippen LogP contribution < -0.4 is 5.32 Å². The molecule has 1 aromatic rings. The normalized spacial score (nSPS) is 10.9. The average Bonchev–Trinajstić information content (AvgIpc) is 2.29. The van der Waals surface area contributed by atoms with Gasteiger partial charge >= 0.3 is 6.09 Å². The van der Waals surface area contributed by atoms with E-state index in [1.165, 1.54) is 37.6 Å². The smallest absolute Gasteiger partial charge is 0.411 e. The first kappa shape index (κ1) is 12.9. The lowest BCUT2D eigenvalue weighted by Crippen LogP contribution is -2.10. The third-order valence-electron chi connectivity index (χ3n) is 1.79. The zero-order valence-electron chi connectivity index (χ0n) is 8.76. The number of carbonyl (C=O) groups excluding carboxylic acids is 1.